The summed E-state index contributed by atoms with van der Waals surface area (Å²) in [5.74, 6) is 0. The predicted octanol–water partition coefficient (Wildman–Crippen LogP) is 1.85. The number of urea groups is 1. The van der Waals surface area contributed by atoms with Gasteiger partial charge in [0.25, 0.3) is 0 Å². The van der Waals surface area contributed by atoms with Crippen molar-refractivity contribution in [1.29, 1.82) is 0 Å². The number of hydrogen-bond acceptors (Lipinski definition) is 2. The van der Waals surface area contributed by atoms with Gasteiger partial charge >= 0.3 is 6.03 Å². The maximum Gasteiger partial charge on any atom is 0.322 e. The van der Waals surface area contributed by atoms with Crippen LogP contribution in [0, 0.1) is 0 Å². The lowest BCUT2D eigenvalue weighted by Gasteiger charge is -2.31. The van der Waals surface area contributed by atoms with Crippen molar-refractivity contribution < 1.29 is 4.79 Å². The van der Waals surface area contributed by atoms with Crippen LogP contribution in [0.25, 0.3) is 0 Å². The fourth-order valence-corrected chi connectivity index (χ4v) is 2.95. The second-order valence-electron chi connectivity index (χ2n) is 5.56. The van der Waals surface area contributed by atoms with Gasteiger partial charge in [0.15, 0.2) is 0 Å². The molecule has 2 heterocycles. The molecule has 3 rings (SSSR count). The summed E-state index contributed by atoms with van der Waals surface area (Å²) in [6.07, 6.45) is 3.08. The van der Waals surface area contributed by atoms with Gasteiger partial charge in [-0.1, -0.05) is 18.2 Å². The molecule has 0 aliphatic carbocycles. The van der Waals surface area contributed by atoms with Gasteiger partial charge in [-0.05, 0) is 51.0 Å². The Labute approximate surface area is 114 Å². The minimum Gasteiger partial charge on any atom is -0.335 e. The molecule has 4 heteroatoms. The van der Waals surface area contributed by atoms with E-state index in [4.69, 9.17) is 0 Å². The third-order valence-corrected chi connectivity index (χ3v) is 4.18. The molecule has 1 saturated heterocycles. The zero-order valence-corrected chi connectivity index (χ0v) is 11.4. The van der Waals surface area contributed by atoms with Crippen LogP contribution in [0.5, 0.6) is 0 Å². The van der Waals surface area contributed by atoms with Crippen LogP contribution < -0.4 is 10.2 Å². The monoisotopic (exact) mass is 259 g/mol. The molecule has 0 radical (unpaired) electrons. The Hall–Kier alpha value is -1.55. The van der Waals surface area contributed by atoms with Crippen LogP contribution in [0.4, 0.5) is 10.5 Å². The highest BCUT2D eigenvalue weighted by atomic mass is 16.2. The first-order chi connectivity index (χ1) is 9.24. The summed E-state index contributed by atoms with van der Waals surface area (Å²) in [5.41, 5.74) is 2.36. The Kier molecular flexibility index (Phi) is 3.42. The molecule has 19 heavy (non-hydrogen) atoms. The smallest absolute Gasteiger partial charge is 0.322 e. The van der Waals surface area contributed by atoms with Gasteiger partial charge in [0.1, 0.15) is 0 Å². The van der Waals surface area contributed by atoms with Gasteiger partial charge in [-0.15, -0.1) is 0 Å². The number of likely N-dealkylation sites (tertiary alicyclic amines) is 1. The Balaban J connectivity index is 1.63. The Morgan fingerprint density at radius 2 is 1.95 bits per heavy atom. The van der Waals surface area contributed by atoms with Gasteiger partial charge in [0.2, 0.25) is 0 Å². The average Bonchev–Trinajstić information content (AvgIpc) is 2.85. The Morgan fingerprint density at radius 3 is 2.74 bits per heavy atom. The van der Waals surface area contributed by atoms with E-state index in [0.29, 0.717) is 6.04 Å². The fourth-order valence-electron chi connectivity index (χ4n) is 2.95. The van der Waals surface area contributed by atoms with E-state index in [9.17, 15) is 4.79 Å². The number of amides is 2. The van der Waals surface area contributed by atoms with E-state index in [1.807, 2.05) is 23.1 Å². The number of anilines is 1. The first kappa shape index (κ1) is 12.5. The highest BCUT2D eigenvalue weighted by Crippen LogP contribution is 2.27. The highest BCUT2D eigenvalue weighted by Gasteiger charge is 2.26. The largest absolute Gasteiger partial charge is 0.335 e. The minimum absolute atomic E-state index is 0.0690. The maximum atomic E-state index is 12.4. The highest BCUT2D eigenvalue weighted by molar-refractivity contribution is 5.94. The van der Waals surface area contributed by atoms with Crippen molar-refractivity contribution in [2.45, 2.75) is 25.3 Å². The summed E-state index contributed by atoms with van der Waals surface area (Å²) >= 11 is 0. The number of benzene rings is 1. The molecule has 0 spiro atoms. The van der Waals surface area contributed by atoms with Crippen LogP contribution in [0.15, 0.2) is 24.3 Å². The summed E-state index contributed by atoms with van der Waals surface area (Å²) in [6, 6.07) is 8.59. The number of hydrogen-bond donors (Lipinski definition) is 1. The summed E-state index contributed by atoms with van der Waals surface area (Å²) in [6.45, 7) is 2.95. The molecule has 0 saturated carbocycles. The standard InChI is InChI=1S/C15H21N3O/c1-17-9-7-13(8-10-17)16-15(19)18-11-6-12-4-2-3-5-14(12)18/h2-5,13H,6-11H2,1H3,(H,16,19). The van der Waals surface area contributed by atoms with Crippen molar-refractivity contribution in [3.05, 3.63) is 29.8 Å². The van der Waals surface area contributed by atoms with Gasteiger partial charge in [-0.25, -0.2) is 4.79 Å². The van der Waals surface area contributed by atoms with Crippen LogP contribution in [0.1, 0.15) is 18.4 Å². The van der Waals surface area contributed by atoms with E-state index < -0.39 is 0 Å². The van der Waals surface area contributed by atoms with Crippen LogP contribution in [0.2, 0.25) is 0 Å². The summed E-state index contributed by atoms with van der Waals surface area (Å²) in [4.78, 5) is 16.6. The van der Waals surface area contributed by atoms with Crippen LogP contribution in [-0.4, -0.2) is 43.7 Å². The lowest BCUT2D eigenvalue weighted by atomic mass is 10.1. The van der Waals surface area contributed by atoms with E-state index >= 15 is 0 Å². The molecule has 2 amide bonds. The van der Waals surface area contributed by atoms with Gasteiger partial charge in [-0.2, -0.15) is 0 Å². The molecule has 2 aliphatic heterocycles. The first-order valence-corrected chi connectivity index (χ1v) is 7.08. The zero-order chi connectivity index (χ0) is 13.2. The van der Waals surface area contributed by atoms with Gasteiger partial charge < -0.3 is 10.2 Å². The van der Waals surface area contributed by atoms with E-state index in [-0.39, 0.29) is 6.03 Å². The fraction of sp³-hybridized carbons (Fsp3) is 0.533. The Morgan fingerprint density at radius 1 is 1.21 bits per heavy atom. The van der Waals surface area contributed by atoms with Crippen molar-refractivity contribution in [2.24, 2.45) is 0 Å². The molecule has 0 atom stereocenters. The quantitative estimate of drug-likeness (QED) is 0.835. The number of carbonyl (C=O) groups excluding carboxylic acids is 1. The molecule has 2 aliphatic rings. The van der Waals surface area contributed by atoms with Crippen LogP contribution in [0.3, 0.4) is 0 Å². The maximum absolute atomic E-state index is 12.4. The van der Waals surface area contributed by atoms with Crippen molar-refractivity contribution in [3.63, 3.8) is 0 Å². The molecule has 0 unspecified atom stereocenters. The molecular formula is C15H21N3O. The van der Waals surface area contributed by atoms with Crippen molar-refractivity contribution in [3.8, 4) is 0 Å². The van der Waals surface area contributed by atoms with Crippen LogP contribution in [-0.2, 0) is 6.42 Å². The molecule has 1 N–H and O–H groups in total. The number of nitrogens with one attached hydrogen (secondary N) is 1. The zero-order valence-electron chi connectivity index (χ0n) is 11.4. The lowest BCUT2D eigenvalue weighted by Crippen LogP contribution is -2.48. The minimum atomic E-state index is 0.0690. The summed E-state index contributed by atoms with van der Waals surface area (Å²) in [7, 11) is 2.13. The molecule has 0 aromatic heterocycles. The van der Waals surface area contributed by atoms with E-state index in [0.717, 1.165) is 44.6 Å². The first-order valence-electron chi connectivity index (χ1n) is 7.08. The normalized spacial score (nSPS) is 20.4. The molecule has 102 valence electrons. The van der Waals surface area contributed by atoms with Crippen molar-refractivity contribution in [2.75, 3.05) is 31.6 Å². The third kappa shape index (κ3) is 2.59. The second-order valence-corrected chi connectivity index (χ2v) is 5.56. The number of nitrogens with zero attached hydrogens (tertiary/aromatic N) is 2. The second kappa shape index (κ2) is 5.21. The molecule has 4 nitrogen and oxygen atoms in total. The van der Waals surface area contributed by atoms with Gasteiger partial charge in [-0.3, -0.25) is 4.90 Å². The number of carbonyl (C=O) groups is 1. The summed E-state index contributed by atoms with van der Waals surface area (Å²) in [5, 5.41) is 3.18. The Bertz CT molecular complexity index is 466. The van der Waals surface area contributed by atoms with Gasteiger partial charge in [0, 0.05) is 18.3 Å². The van der Waals surface area contributed by atoms with E-state index in [1.165, 1.54) is 5.56 Å². The van der Waals surface area contributed by atoms with Gasteiger partial charge in [0.05, 0.1) is 0 Å². The average molecular weight is 259 g/mol. The lowest BCUT2D eigenvalue weighted by molar-refractivity contribution is 0.218. The van der Waals surface area contributed by atoms with E-state index in [1.54, 1.807) is 0 Å². The predicted molar refractivity (Wildman–Crippen MR) is 76.5 cm³/mol. The molecule has 1 aromatic carbocycles. The topological polar surface area (TPSA) is 35.6 Å². The summed E-state index contributed by atoms with van der Waals surface area (Å²) < 4.78 is 0. The molecule has 0 bridgehead atoms. The number of para-hydroxylation sites is 1. The third-order valence-electron chi connectivity index (χ3n) is 4.18. The van der Waals surface area contributed by atoms with Crippen molar-refractivity contribution in [1.82, 2.24) is 10.2 Å². The molecule has 1 fully saturated rings. The number of fused-ring (bicyclic) bond motifs is 1. The molecule has 1 aromatic rings. The number of piperidine rings is 1. The van der Waals surface area contributed by atoms with Crippen molar-refractivity contribution >= 4 is 11.7 Å². The van der Waals surface area contributed by atoms with Crippen LogP contribution >= 0.6 is 0 Å². The van der Waals surface area contributed by atoms with E-state index in [2.05, 4.69) is 23.3 Å². The molecular weight excluding hydrogens is 238 g/mol. The SMILES string of the molecule is CN1CCC(NC(=O)N2CCc3ccccc32)CC1. The number of rotatable bonds is 1.